The molecule has 0 unspecified atom stereocenters. The lowest BCUT2D eigenvalue weighted by Gasteiger charge is -2.03. The topological polar surface area (TPSA) is 65.8 Å². The number of thiophene rings is 1. The molecule has 0 fully saturated rings. The van der Waals surface area contributed by atoms with E-state index in [4.69, 9.17) is 5.26 Å². The molecule has 0 aliphatic carbocycles. The van der Waals surface area contributed by atoms with Gasteiger partial charge in [-0.2, -0.15) is 5.26 Å². The Labute approximate surface area is 109 Å². The van der Waals surface area contributed by atoms with E-state index in [9.17, 15) is 4.79 Å². The van der Waals surface area contributed by atoms with Crippen LogP contribution in [0, 0.1) is 11.3 Å². The predicted octanol–water partition coefficient (Wildman–Crippen LogP) is 1.99. The number of hydrogen-bond donors (Lipinski definition) is 1. The van der Waals surface area contributed by atoms with Crippen molar-refractivity contribution < 1.29 is 4.79 Å². The SMILES string of the molecule is N#Cc1ccc(C(=O)NCCc2cccs2)nc1. The summed E-state index contributed by atoms with van der Waals surface area (Å²) < 4.78 is 0. The number of nitriles is 1. The Morgan fingerprint density at radius 3 is 2.94 bits per heavy atom. The first kappa shape index (κ1) is 12.3. The van der Waals surface area contributed by atoms with E-state index in [-0.39, 0.29) is 5.91 Å². The zero-order valence-electron chi connectivity index (χ0n) is 9.59. The minimum absolute atomic E-state index is 0.212. The van der Waals surface area contributed by atoms with Gasteiger partial charge < -0.3 is 5.32 Å². The third kappa shape index (κ3) is 3.15. The highest BCUT2D eigenvalue weighted by atomic mass is 32.1. The lowest BCUT2D eigenvalue weighted by Crippen LogP contribution is -2.26. The Morgan fingerprint density at radius 2 is 2.33 bits per heavy atom. The molecule has 5 heteroatoms. The van der Waals surface area contributed by atoms with E-state index < -0.39 is 0 Å². The van der Waals surface area contributed by atoms with Gasteiger partial charge in [-0.3, -0.25) is 4.79 Å². The van der Waals surface area contributed by atoms with Gasteiger partial charge in [0.25, 0.3) is 5.91 Å². The van der Waals surface area contributed by atoms with Gasteiger partial charge in [0.1, 0.15) is 11.8 Å². The van der Waals surface area contributed by atoms with Crippen molar-refractivity contribution in [1.82, 2.24) is 10.3 Å². The standard InChI is InChI=1S/C13H11N3OS/c14-8-10-3-4-12(16-9-10)13(17)15-6-5-11-2-1-7-18-11/h1-4,7,9H,5-6H2,(H,15,17). The molecule has 2 aromatic rings. The van der Waals surface area contributed by atoms with Gasteiger partial charge in [-0.05, 0) is 30.0 Å². The van der Waals surface area contributed by atoms with E-state index in [1.165, 1.54) is 11.1 Å². The van der Waals surface area contributed by atoms with Gasteiger partial charge in [0.05, 0.1) is 5.56 Å². The lowest BCUT2D eigenvalue weighted by molar-refractivity contribution is 0.0949. The first-order valence-corrected chi connectivity index (χ1v) is 6.34. The van der Waals surface area contributed by atoms with E-state index in [0.29, 0.717) is 17.8 Å². The molecular weight excluding hydrogens is 246 g/mol. The van der Waals surface area contributed by atoms with Crippen LogP contribution in [0.5, 0.6) is 0 Å². The number of aromatic nitrogens is 1. The van der Waals surface area contributed by atoms with Gasteiger partial charge in [0, 0.05) is 17.6 Å². The van der Waals surface area contributed by atoms with Crippen molar-refractivity contribution in [3.05, 3.63) is 52.0 Å². The van der Waals surface area contributed by atoms with Crippen molar-refractivity contribution in [2.45, 2.75) is 6.42 Å². The second-order valence-corrected chi connectivity index (χ2v) is 4.66. The maximum atomic E-state index is 11.7. The number of carbonyl (C=O) groups excluding carboxylic acids is 1. The van der Waals surface area contributed by atoms with Crippen LogP contribution < -0.4 is 5.32 Å². The zero-order chi connectivity index (χ0) is 12.8. The summed E-state index contributed by atoms with van der Waals surface area (Å²) in [6, 6.07) is 9.13. The molecule has 0 bridgehead atoms. The van der Waals surface area contributed by atoms with Crippen LogP contribution in [0.3, 0.4) is 0 Å². The molecule has 1 N–H and O–H groups in total. The van der Waals surface area contributed by atoms with Crippen molar-refractivity contribution in [3.63, 3.8) is 0 Å². The molecular formula is C13H11N3OS. The number of nitrogens with zero attached hydrogens (tertiary/aromatic N) is 2. The van der Waals surface area contributed by atoms with Gasteiger partial charge >= 0.3 is 0 Å². The Balaban J connectivity index is 1.86. The number of carbonyl (C=O) groups is 1. The van der Waals surface area contributed by atoms with Crippen LogP contribution in [0.4, 0.5) is 0 Å². The highest BCUT2D eigenvalue weighted by Crippen LogP contribution is 2.08. The Kier molecular flexibility index (Phi) is 4.05. The number of pyridine rings is 1. The van der Waals surface area contributed by atoms with Crippen molar-refractivity contribution in [3.8, 4) is 6.07 Å². The van der Waals surface area contributed by atoms with E-state index in [1.54, 1.807) is 23.5 Å². The van der Waals surface area contributed by atoms with Crippen molar-refractivity contribution in [2.75, 3.05) is 6.54 Å². The number of rotatable bonds is 4. The maximum Gasteiger partial charge on any atom is 0.269 e. The minimum Gasteiger partial charge on any atom is -0.350 e. The summed E-state index contributed by atoms with van der Waals surface area (Å²) in [5, 5.41) is 13.4. The fraction of sp³-hybridized carbons (Fsp3) is 0.154. The third-order valence-corrected chi connectivity index (χ3v) is 3.30. The van der Waals surface area contributed by atoms with Crippen LogP contribution in [-0.2, 0) is 6.42 Å². The number of amides is 1. The molecule has 0 saturated heterocycles. The molecule has 2 heterocycles. The Bertz CT molecular complexity index is 555. The molecule has 0 radical (unpaired) electrons. The van der Waals surface area contributed by atoms with E-state index >= 15 is 0 Å². The smallest absolute Gasteiger partial charge is 0.269 e. The molecule has 0 saturated carbocycles. The summed E-state index contributed by atoms with van der Waals surface area (Å²) >= 11 is 1.67. The van der Waals surface area contributed by atoms with Crippen molar-refractivity contribution in [1.29, 1.82) is 5.26 Å². The lowest BCUT2D eigenvalue weighted by atomic mass is 10.2. The molecule has 0 aromatic carbocycles. The normalized spacial score (nSPS) is 9.72. The molecule has 0 aliphatic rings. The maximum absolute atomic E-state index is 11.7. The minimum atomic E-state index is -0.212. The van der Waals surface area contributed by atoms with Crippen LogP contribution >= 0.6 is 11.3 Å². The van der Waals surface area contributed by atoms with Crippen LogP contribution in [0.2, 0.25) is 0 Å². The molecule has 90 valence electrons. The molecule has 0 spiro atoms. The molecule has 4 nitrogen and oxygen atoms in total. The summed E-state index contributed by atoms with van der Waals surface area (Å²) in [5.74, 6) is -0.212. The summed E-state index contributed by atoms with van der Waals surface area (Å²) in [6.45, 7) is 0.584. The molecule has 1 amide bonds. The van der Waals surface area contributed by atoms with Crippen LogP contribution in [0.15, 0.2) is 35.8 Å². The van der Waals surface area contributed by atoms with E-state index in [0.717, 1.165) is 6.42 Å². The summed E-state index contributed by atoms with van der Waals surface area (Å²) in [7, 11) is 0. The van der Waals surface area contributed by atoms with Crippen LogP contribution in [-0.4, -0.2) is 17.4 Å². The van der Waals surface area contributed by atoms with Crippen molar-refractivity contribution in [2.24, 2.45) is 0 Å². The average Bonchev–Trinajstić information content (AvgIpc) is 2.92. The molecule has 2 aromatic heterocycles. The Morgan fingerprint density at radius 1 is 1.44 bits per heavy atom. The quantitative estimate of drug-likeness (QED) is 0.910. The second kappa shape index (κ2) is 5.94. The molecule has 2 rings (SSSR count). The predicted molar refractivity (Wildman–Crippen MR) is 69.3 cm³/mol. The van der Waals surface area contributed by atoms with Gasteiger partial charge in [-0.25, -0.2) is 4.98 Å². The highest BCUT2D eigenvalue weighted by molar-refractivity contribution is 7.09. The number of hydrogen-bond acceptors (Lipinski definition) is 4. The first-order chi connectivity index (χ1) is 8.79. The van der Waals surface area contributed by atoms with Crippen LogP contribution in [0.1, 0.15) is 20.9 Å². The summed E-state index contributed by atoms with van der Waals surface area (Å²) in [4.78, 5) is 16.9. The van der Waals surface area contributed by atoms with Gasteiger partial charge in [0.2, 0.25) is 0 Å². The first-order valence-electron chi connectivity index (χ1n) is 5.46. The number of nitrogens with one attached hydrogen (secondary N) is 1. The van der Waals surface area contributed by atoms with Crippen LogP contribution in [0.25, 0.3) is 0 Å². The Hall–Kier alpha value is -2.19. The summed E-state index contributed by atoms with van der Waals surface area (Å²) in [6.07, 6.45) is 2.22. The third-order valence-electron chi connectivity index (χ3n) is 2.36. The monoisotopic (exact) mass is 257 g/mol. The van der Waals surface area contributed by atoms with Gasteiger partial charge in [0.15, 0.2) is 0 Å². The van der Waals surface area contributed by atoms with Gasteiger partial charge in [-0.15, -0.1) is 11.3 Å². The zero-order valence-corrected chi connectivity index (χ0v) is 10.4. The van der Waals surface area contributed by atoms with Gasteiger partial charge in [-0.1, -0.05) is 6.07 Å². The molecule has 0 atom stereocenters. The fourth-order valence-electron chi connectivity index (χ4n) is 1.44. The molecule has 0 aliphatic heterocycles. The van der Waals surface area contributed by atoms with E-state index in [2.05, 4.69) is 10.3 Å². The average molecular weight is 257 g/mol. The largest absolute Gasteiger partial charge is 0.350 e. The van der Waals surface area contributed by atoms with E-state index in [1.807, 2.05) is 23.6 Å². The highest BCUT2D eigenvalue weighted by Gasteiger charge is 2.06. The fourth-order valence-corrected chi connectivity index (χ4v) is 2.15. The molecule has 18 heavy (non-hydrogen) atoms. The second-order valence-electron chi connectivity index (χ2n) is 3.63. The van der Waals surface area contributed by atoms with Crippen molar-refractivity contribution >= 4 is 17.2 Å². The summed E-state index contributed by atoms with van der Waals surface area (Å²) in [5.41, 5.74) is 0.783.